The Hall–Kier alpha value is -0.573. The number of amides is 1. The van der Waals surface area contributed by atoms with E-state index >= 15 is 0 Å². The molecule has 10 heavy (non-hydrogen) atoms. The number of rotatable bonds is 4. The molecule has 0 aromatic carbocycles. The van der Waals surface area contributed by atoms with E-state index < -0.39 is 9.52 Å². The first-order chi connectivity index (χ1) is 4.54. The van der Waals surface area contributed by atoms with Crippen LogP contribution in [0.15, 0.2) is 11.8 Å². The Balaban J connectivity index is 3.50. The van der Waals surface area contributed by atoms with Gasteiger partial charge in [-0.1, -0.05) is 26.5 Å². The van der Waals surface area contributed by atoms with Gasteiger partial charge in [-0.3, -0.25) is 4.79 Å². The van der Waals surface area contributed by atoms with Crippen molar-refractivity contribution in [3.05, 3.63) is 11.8 Å². The average Bonchev–Trinajstić information content (AvgIpc) is 1.82. The molecule has 0 atom stereocenters. The second-order valence-electron chi connectivity index (χ2n) is 2.90. The first-order valence-electron chi connectivity index (χ1n) is 3.51. The smallest absolute Gasteiger partial charge is 0.239 e. The standard InChI is InChI=1S/C7H15NOSi/c1-5(2)4-10-6(3)7(8)9/h5H,3-4,10H2,1-2H3,(H2,8,9). The summed E-state index contributed by atoms with van der Waals surface area (Å²) in [5, 5.41) is 0.675. The molecule has 3 heteroatoms. The lowest BCUT2D eigenvalue weighted by Crippen LogP contribution is -2.18. The lowest BCUT2D eigenvalue weighted by molar-refractivity contribution is -0.114. The molecule has 0 saturated heterocycles. The minimum atomic E-state index is -0.428. The molecule has 0 aliphatic heterocycles. The third-order valence-electron chi connectivity index (χ3n) is 1.37. The largest absolute Gasteiger partial charge is 0.366 e. The van der Waals surface area contributed by atoms with Crippen LogP contribution in [0.3, 0.4) is 0 Å². The van der Waals surface area contributed by atoms with Crippen LogP contribution < -0.4 is 5.73 Å². The molecular weight excluding hydrogens is 142 g/mol. The summed E-state index contributed by atoms with van der Waals surface area (Å²) in [4.78, 5) is 10.5. The summed E-state index contributed by atoms with van der Waals surface area (Å²) in [7, 11) is -0.428. The SMILES string of the molecule is C=C([SiH2]CC(C)C)C(N)=O. The van der Waals surface area contributed by atoms with E-state index in [4.69, 9.17) is 5.73 Å². The summed E-state index contributed by atoms with van der Waals surface area (Å²) in [6.45, 7) is 7.89. The Kier molecular flexibility index (Phi) is 4.03. The minimum absolute atomic E-state index is 0.313. The van der Waals surface area contributed by atoms with Crippen molar-refractivity contribution in [2.75, 3.05) is 0 Å². The molecule has 0 unspecified atom stereocenters. The normalized spacial score (nSPS) is 11.1. The van der Waals surface area contributed by atoms with Crippen LogP contribution in [0.25, 0.3) is 0 Å². The number of primary amides is 1. The quantitative estimate of drug-likeness (QED) is 0.461. The zero-order valence-electron chi connectivity index (χ0n) is 6.68. The average molecular weight is 157 g/mol. The summed E-state index contributed by atoms with van der Waals surface area (Å²) in [6, 6.07) is 1.13. The van der Waals surface area contributed by atoms with E-state index in [9.17, 15) is 4.79 Å². The predicted molar refractivity (Wildman–Crippen MR) is 46.5 cm³/mol. The summed E-state index contributed by atoms with van der Waals surface area (Å²) in [5.74, 6) is 0.357. The van der Waals surface area contributed by atoms with Crippen LogP contribution in [0.1, 0.15) is 13.8 Å². The molecule has 0 aromatic heterocycles. The van der Waals surface area contributed by atoms with Gasteiger partial charge in [0.15, 0.2) is 0 Å². The highest BCUT2D eigenvalue weighted by atomic mass is 28.2. The van der Waals surface area contributed by atoms with Gasteiger partial charge < -0.3 is 5.73 Å². The van der Waals surface area contributed by atoms with Crippen molar-refractivity contribution < 1.29 is 4.79 Å². The van der Waals surface area contributed by atoms with E-state index in [1.165, 1.54) is 0 Å². The van der Waals surface area contributed by atoms with Crippen molar-refractivity contribution >= 4 is 15.4 Å². The van der Waals surface area contributed by atoms with E-state index in [0.29, 0.717) is 11.1 Å². The van der Waals surface area contributed by atoms with Crippen LogP contribution in [-0.2, 0) is 4.79 Å². The number of nitrogens with two attached hydrogens (primary N) is 1. The van der Waals surface area contributed by atoms with Gasteiger partial charge in [-0.25, -0.2) is 0 Å². The first-order valence-corrected chi connectivity index (χ1v) is 5.22. The van der Waals surface area contributed by atoms with Gasteiger partial charge in [0, 0.05) is 0 Å². The van der Waals surface area contributed by atoms with Gasteiger partial charge in [0.1, 0.15) is 0 Å². The predicted octanol–water partition coefficient (Wildman–Crippen LogP) is 0.228. The van der Waals surface area contributed by atoms with Crippen LogP contribution >= 0.6 is 0 Å². The summed E-state index contributed by atoms with van der Waals surface area (Å²) >= 11 is 0. The van der Waals surface area contributed by atoms with E-state index in [2.05, 4.69) is 20.4 Å². The molecule has 0 aliphatic rings. The lowest BCUT2D eigenvalue weighted by Gasteiger charge is -2.02. The van der Waals surface area contributed by atoms with Gasteiger partial charge in [0.2, 0.25) is 5.91 Å². The molecule has 0 rings (SSSR count). The lowest BCUT2D eigenvalue weighted by atomic mass is 10.3. The highest BCUT2D eigenvalue weighted by molar-refractivity contribution is 6.53. The number of carbonyl (C=O) groups is 1. The zero-order chi connectivity index (χ0) is 8.15. The molecule has 0 radical (unpaired) electrons. The molecule has 0 aliphatic carbocycles. The Labute approximate surface area is 64.3 Å². The molecule has 2 nitrogen and oxygen atoms in total. The third-order valence-corrected chi connectivity index (χ3v) is 3.77. The molecule has 0 bridgehead atoms. The Morgan fingerprint density at radius 1 is 1.70 bits per heavy atom. The van der Waals surface area contributed by atoms with Crippen LogP contribution in [0, 0.1) is 5.92 Å². The van der Waals surface area contributed by atoms with Crippen LogP contribution in [-0.4, -0.2) is 15.4 Å². The van der Waals surface area contributed by atoms with Crippen LogP contribution in [0.4, 0.5) is 0 Å². The van der Waals surface area contributed by atoms with Crippen LogP contribution in [0.5, 0.6) is 0 Å². The van der Waals surface area contributed by atoms with Gasteiger partial charge >= 0.3 is 0 Å². The van der Waals surface area contributed by atoms with Gasteiger partial charge in [-0.05, 0) is 11.1 Å². The highest BCUT2D eigenvalue weighted by Crippen LogP contribution is 2.01. The Bertz CT molecular complexity index is 143. The fraction of sp³-hybridized carbons (Fsp3) is 0.571. The van der Waals surface area contributed by atoms with E-state index in [-0.39, 0.29) is 5.91 Å². The van der Waals surface area contributed by atoms with Gasteiger partial charge in [-0.2, -0.15) is 0 Å². The molecule has 0 heterocycles. The monoisotopic (exact) mass is 157 g/mol. The van der Waals surface area contributed by atoms with Crippen molar-refractivity contribution in [3.8, 4) is 0 Å². The molecule has 2 N–H and O–H groups in total. The molecule has 0 aromatic rings. The molecule has 0 fully saturated rings. The van der Waals surface area contributed by atoms with Gasteiger partial charge in [0.05, 0.1) is 9.52 Å². The number of hydrogen-bond acceptors (Lipinski definition) is 1. The summed E-state index contributed by atoms with van der Waals surface area (Å²) in [5.41, 5.74) is 5.02. The number of hydrogen-bond donors (Lipinski definition) is 1. The van der Waals surface area contributed by atoms with Crippen molar-refractivity contribution in [2.45, 2.75) is 19.9 Å². The van der Waals surface area contributed by atoms with Crippen molar-refractivity contribution in [1.29, 1.82) is 0 Å². The molecule has 0 spiro atoms. The molecule has 0 saturated carbocycles. The Morgan fingerprint density at radius 3 is 2.50 bits per heavy atom. The molecular formula is C7H15NOSi. The Morgan fingerprint density at radius 2 is 2.20 bits per heavy atom. The summed E-state index contributed by atoms with van der Waals surface area (Å²) < 4.78 is 0. The molecule has 1 amide bonds. The minimum Gasteiger partial charge on any atom is -0.366 e. The highest BCUT2D eigenvalue weighted by Gasteiger charge is 2.02. The zero-order valence-corrected chi connectivity index (χ0v) is 8.10. The number of carbonyl (C=O) groups excluding carboxylic acids is 1. The maximum absolute atomic E-state index is 10.5. The molecule has 58 valence electrons. The summed E-state index contributed by atoms with van der Waals surface area (Å²) in [6.07, 6.45) is 0. The van der Waals surface area contributed by atoms with Gasteiger partial charge in [0.25, 0.3) is 0 Å². The van der Waals surface area contributed by atoms with Crippen molar-refractivity contribution in [3.63, 3.8) is 0 Å². The van der Waals surface area contributed by atoms with E-state index in [1.54, 1.807) is 0 Å². The van der Waals surface area contributed by atoms with Crippen molar-refractivity contribution in [2.24, 2.45) is 11.7 Å². The van der Waals surface area contributed by atoms with E-state index in [0.717, 1.165) is 6.04 Å². The second-order valence-corrected chi connectivity index (χ2v) is 4.83. The fourth-order valence-electron chi connectivity index (χ4n) is 0.586. The van der Waals surface area contributed by atoms with E-state index in [1.807, 2.05) is 0 Å². The first kappa shape index (κ1) is 9.43. The fourth-order valence-corrected chi connectivity index (χ4v) is 1.76. The third kappa shape index (κ3) is 4.32. The maximum atomic E-state index is 10.5. The second kappa shape index (κ2) is 4.28. The maximum Gasteiger partial charge on any atom is 0.239 e. The van der Waals surface area contributed by atoms with Crippen LogP contribution in [0.2, 0.25) is 6.04 Å². The van der Waals surface area contributed by atoms with Crippen molar-refractivity contribution in [1.82, 2.24) is 0 Å². The van der Waals surface area contributed by atoms with Gasteiger partial charge in [-0.15, -0.1) is 0 Å². The topological polar surface area (TPSA) is 43.1 Å².